The molecule has 0 radical (unpaired) electrons. The first-order chi connectivity index (χ1) is 9.59. The molecular weight excluding hydrogens is 276 g/mol. The van der Waals surface area contributed by atoms with Gasteiger partial charge in [0.1, 0.15) is 12.0 Å². The smallest absolute Gasteiger partial charge is 0.269 e. The van der Waals surface area contributed by atoms with E-state index in [0.717, 1.165) is 10.9 Å². The van der Waals surface area contributed by atoms with Gasteiger partial charge in [0.2, 0.25) is 0 Å². The van der Waals surface area contributed by atoms with Crippen LogP contribution in [0.4, 0.5) is 0 Å². The van der Waals surface area contributed by atoms with Gasteiger partial charge in [0.25, 0.3) is 5.91 Å². The Morgan fingerprint density at radius 3 is 2.95 bits per heavy atom. The average molecular weight is 294 g/mol. The predicted molar refractivity (Wildman–Crippen MR) is 76.7 cm³/mol. The Hall–Kier alpha value is -1.83. The zero-order valence-electron chi connectivity index (χ0n) is 11.8. The lowest BCUT2D eigenvalue weighted by molar-refractivity contribution is 0.0943. The lowest BCUT2D eigenvalue weighted by atomic mass is 10.3. The van der Waals surface area contributed by atoms with Crippen LogP contribution in [0, 0.1) is 0 Å². The van der Waals surface area contributed by atoms with E-state index in [1.807, 2.05) is 25.5 Å². The predicted octanol–water partition coefficient (Wildman–Crippen LogP) is 1.11. The van der Waals surface area contributed by atoms with Gasteiger partial charge in [0.15, 0.2) is 5.16 Å². The van der Waals surface area contributed by atoms with Gasteiger partial charge in [0.05, 0.1) is 0 Å². The van der Waals surface area contributed by atoms with Crippen LogP contribution in [0.5, 0.6) is 0 Å². The highest BCUT2D eigenvalue weighted by molar-refractivity contribution is 7.99. The molecule has 0 aliphatic carbocycles. The van der Waals surface area contributed by atoms with Crippen LogP contribution < -0.4 is 5.32 Å². The maximum absolute atomic E-state index is 12.0. The summed E-state index contributed by atoms with van der Waals surface area (Å²) in [6.45, 7) is 4.56. The van der Waals surface area contributed by atoms with Gasteiger partial charge in [0, 0.05) is 31.6 Å². The van der Waals surface area contributed by atoms with E-state index in [0.29, 0.717) is 12.2 Å². The highest BCUT2D eigenvalue weighted by atomic mass is 32.2. The second kappa shape index (κ2) is 6.56. The monoisotopic (exact) mass is 294 g/mol. The van der Waals surface area contributed by atoms with Crippen LogP contribution in [-0.2, 0) is 7.05 Å². The quantitative estimate of drug-likeness (QED) is 0.638. The Kier molecular flexibility index (Phi) is 4.78. The lowest BCUT2D eigenvalue weighted by Gasteiger charge is -2.10. The average Bonchev–Trinajstić information content (AvgIpc) is 3.03. The topological polar surface area (TPSA) is 77.6 Å². The molecule has 108 valence electrons. The van der Waals surface area contributed by atoms with E-state index < -0.39 is 0 Å². The molecule has 2 heterocycles. The fourth-order valence-electron chi connectivity index (χ4n) is 1.71. The highest BCUT2D eigenvalue weighted by Gasteiger charge is 2.13. The Morgan fingerprint density at radius 1 is 1.50 bits per heavy atom. The molecule has 0 atom stereocenters. The minimum absolute atomic E-state index is 0.102. The summed E-state index contributed by atoms with van der Waals surface area (Å²) in [6.07, 6.45) is 3.30. The number of aryl methyl sites for hydroxylation is 1. The number of nitrogens with zero attached hydrogens (tertiary/aromatic N) is 5. The van der Waals surface area contributed by atoms with E-state index in [1.165, 1.54) is 0 Å². The van der Waals surface area contributed by atoms with Crippen molar-refractivity contribution in [2.45, 2.75) is 25.0 Å². The van der Waals surface area contributed by atoms with Crippen molar-refractivity contribution in [2.24, 2.45) is 7.05 Å². The van der Waals surface area contributed by atoms with Crippen LogP contribution in [0.2, 0.25) is 0 Å². The Labute approximate surface area is 121 Å². The molecule has 0 bridgehead atoms. The molecule has 0 aliphatic rings. The van der Waals surface area contributed by atoms with E-state index in [2.05, 4.69) is 20.6 Å². The molecule has 2 aromatic rings. The maximum Gasteiger partial charge on any atom is 0.269 e. The summed E-state index contributed by atoms with van der Waals surface area (Å²) in [5, 5.41) is 15.6. The van der Waals surface area contributed by atoms with E-state index >= 15 is 0 Å². The number of carbonyl (C=O) groups excluding carboxylic acids is 1. The van der Waals surface area contributed by atoms with Crippen LogP contribution in [0.3, 0.4) is 0 Å². The SMILES string of the molecule is CC(C)n1nccc1C(=O)NCCSc1nncn1C. The minimum atomic E-state index is -0.102. The molecule has 0 saturated carbocycles. The minimum Gasteiger partial charge on any atom is -0.350 e. The van der Waals surface area contributed by atoms with Crippen molar-refractivity contribution in [3.63, 3.8) is 0 Å². The van der Waals surface area contributed by atoms with Gasteiger partial charge in [-0.15, -0.1) is 10.2 Å². The molecule has 8 heteroatoms. The summed E-state index contributed by atoms with van der Waals surface area (Å²) in [4.78, 5) is 12.0. The molecule has 2 rings (SSSR count). The zero-order chi connectivity index (χ0) is 14.5. The first-order valence-electron chi connectivity index (χ1n) is 6.38. The summed E-state index contributed by atoms with van der Waals surface area (Å²) in [7, 11) is 1.89. The Balaban J connectivity index is 1.81. The second-order valence-electron chi connectivity index (χ2n) is 4.58. The van der Waals surface area contributed by atoms with Crippen molar-refractivity contribution >= 4 is 17.7 Å². The van der Waals surface area contributed by atoms with Gasteiger partial charge < -0.3 is 9.88 Å². The second-order valence-corrected chi connectivity index (χ2v) is 5.65. The summed E-state index contributed by atoms with van der Waals surface area (Å²) < 4.78 is 3.56. The molecule has 0 unspecified atom stereocenters. The lowest BCUT2D eigenvalue weighted by Crippen LogP contribution is -2.28. The van der Waals surface area contributed by atoms with Crippen LogP contribution in [-0.4, -0.2) is 42.7 Å². The number of aromatic nitrogens is 5. The van der Waals surface area contributed by atoms with Gasteiger partial charge >= 0.3 is 0 Å². The molecule has 2 aromatic heterocycles. The normalized spacial score (nSPS) is 11.0. The number of rotatable bonds is 6. The van der Waals surface area contributed by atoms with Gasteiger partial charge in [-0.05, 0) is 19.9 Å². The van der Waals surface area contributed by atoms with Crippen molar-refractivity contribution in [2.75, 3.05) is 12.3 Å². The highest BCUT2D eigenvalue weighted by Crippen LogP contribution is 2.12. The fraction of sp³-hybridized carbons (Fsp3) is 0.500. The summed E-state index contributed by atoms with van der Waals surface area (Å²) >= 11 is 1.56. The van der Waals surface area contributed by atoms with Gasteiger partial charge in [-0.25, -0.2) is 0 Å². The molecule has 1 amide bonds. The molecule has 0 aliphatic heterocycles. The molecule has 0 spiro atoms. The number of amides is 1. The molecule has 0 fully saturated rings. The van der Waals surface area contributed by atoms with E-state index in [9.17, 15) is 4.79 Å². The largest absolute Gasteiger partial charge is 0.350 e. The third kappa shape index (κ3) is 3.38. The molecular formula is C12H18N6OS. The number of thioether (sulfide) groups is 1. The Morgan fingerprint density at radius 2 is 2.30 bits per heavy atom. The maximum atomic E-state index is 12.0. The van der Waals surface area contributed by atoms with Crippen molar-refractivity contribution < 1.29 is 4.79 Å². The fourth-order valence-corrected chi connectivity index (χ4v) is 2.45. The molecule has 0 saturated heterocycles. The Bertz CT molecular complexity index is 576. The number of hydrogen-bond acceptors (Lipinski definition) is 5. The van der Waals surface area contributed by atoms with Crippen molar-refractivity contribution in [1.29, 1.82) is 0 Å². The van der Waals surface area contributed by atoms with E-state index in [-0.39, 0.29) is 11.9 Å². The van der Waals surface area contributed by atoms with E-state index in [4.69, 9.17) is 0 Å². The number of nitrogens with one attached hydrogen (secondary N) is 1. The van der Waals surface area contributed by atoms with Crippen LogP contribution in [0.15, 0.2) is 23.7 Å². The summed E-state index contributed by atoms with van der Waals surface area (Å²) in [6, 6.07) is 1.89. The van der Waals surface area contributed by atoms with Crippen molar-refractivity contribution in [3.05, 3.63) is 24.3 Å². The third-order valence-electron chi connectivity index (χ3n) is 2.68. The summed E-state index contributed by atoms with van der Waals surface area (Å²) in [5.41, 5.74) is 0.587. The van der Waals surface area contributed by atoms with Crippen molar-refractivity contribution in [3.8, 4) is 0 Å². The molecule has 7 nitrogen and oxygen atoms in total. The van der Waals surface area contributed by atoms with Crippen LogP contribution in [0.1, 0.15) is 30.4 Å². The first-order valence-corrected chi connectivity index (χ1v) is 7.36. The molecule has 1 N–H and O–H groups in total. The number of hydrogen-bond donors (Lipinski definition) is 1. The standard InChI is InChI=1S/C12H18N6OS/c1-9(2)18-10(4-5-15-18)11(19)13-6-7-20-12-16-14-8-17(12)3/h4-5,8-9H,6-7H2,1-3H3,(H,13,19). The van der Waals surface area contributed by atoms with Crippen LogP contribution in [0.25, 0.3) is 0 Å². The molecule has 0 aromatic carbocycles. The summed E-state index contributed by atoms with van der Waals surface area (Å²) in [5.74, 6) is 0.642. The number of carbonyl (C=O) groups is 1. The van der Waals surface area contributed by atoms with Crippen molar-refractivity contribution in [1.82, 2.24) is 29.9 Å². The van der Waals surface area contributed by atoms with Gasteiger partial charge in [-0.1, -0.05) is 11.8 Å². The van der Waals surface area contributed by atoms with Gasteiger partial charge in [-0.2, -0.15) is 5.10 Å². The third-order valence-corrected chi connectivity index (χ3v) is 3.72. The van der Waals surface area contributed by atoms with Crippen LogP contribution >= 0.6 is 11.8 Å². The van der Waals surface area contributed by atoms with E-state index in [1.54, 1.807) is 35.0 Å². The first kappa shape index (κ1) is 14.6. The zero-order valence-corrected chi connectivity index (χ0v) is 12.6. The molecule has 20 heavy (non-hydrogen) atoms. The van der Waals surface area contributed by atoms with Gasteiger partial charge in [-0.3, -0.25) is 9.48 Å².